The molecule has 0 heterocycles. The van der Waals surface area contributed by atoms with Gasteiger partial charge in [-0.05, 0) is 42.2 Å². The number of rotatable bonds is 5. The van der Waals surface area contributed by atoms with Crippen LogP contribution in [0.2, 0.25) is 5.02 Å². The van der Waals surface area contributed by atoms with E-state index in [1.54, 1.807) is 0 Å². The van der Waals surface area contributed by atoms with Gasteiger partial charge < -0.3 is 10.4 Å². The van der Waals surface area contributed by atoms with Crippen molar-refractivity contribution in [1.29, 1.82) is 0 Å². The molecule has 2 aromatic carbocycles. The minimum atomic E-state index is -0.541. The van der Waals surface area contributed by atoms with E-state index in [2.05, 4.69) is 43.4 Å². The average Bonchev–Trinajstić information content (AvgIpc) is 2.47. The molecule has 0 aromatic heterocycles. The summed E-state index contributed by atoms with van der Waals surface area (Å²) in [6.07, 6.45) is 0. The lowest BCUT2D eigenvalue weighted by atomic mass is 9.90. The molecule has 2 rings (SSSR count). The maximum absolute atomic E-state index is 9.85. The first-order valence-electron chi connectivity index (χ1n) is 7.19. The number of hydrogen-bond acceptors (Lipinski definition) is 2. The summed E-state index contributed by atoms with van der Waals surface area (Å²) in [5, 5.41) is 13.9. The number of anilines is 1. The minimum Gasteiger partial charge on any atom is -0.394 e. The van der Waals surface area contributed by atoms with E-state index >= 15 is 0 Å². The second-order valence-corrected chi connectivity index (χ2v) is 6.34. The lowest BCUT2D eigenvalue weighted by molar-refractivity contribution is 0.224. The summed E-state index contributed by atoms with van der Waals surface area (Å²) in [4.78, 5) is 0. The third-order valence-electron chi connectivity index (χ3n) is 3.78. The van der Waals surface area contributed by atoms with Crippen LogP contribution in [0.4, 0.5) is 5.69 Å². The van der Waals surface area contributed by atoms with Gasteiger partial charge in [0.1, 0.15) is 0 Å². The fourth-order valence-corrected chi connectivity index (χ4v) is 2.51. The van der Waals surface area contributed by atoms with E-state index in [-0.39, 0.29) is 6.61 Å². The monoisotopic (exact) mass is 303 g/mol. The zero-order valence-corrected chi connectivity index (χ0v) is 13.5. The summed E-state index contributed by atoms with van der Waals surface area (Å²) in [5.74, 6) is 0.500. The zero-order chi connectivity index (χ0) is 15.5. The van der Waals surface area contributed by atoms with Crippen LogP contribution >= 0.6 is 11.6 Å². The van der Waals surface area contributed by atoms with Crippen molar-refractivity contribution in [3.63, 3.8) is 0 Å². The van der Waals surface area contributed by atoms with Crippen LogP contribution in [0.5, 0.6) is 0 Å². The van der Waals surface area contributed by atoms with Crippen molar-refractivity contribution in [2.24, 2.45) is 0 Å². The molecule has 0 aliphatic heterocycles. The molecule has 112 valence electrons. The van der Waals surface area contributed by atoms with Crippen LogP contribution in [0.1, 0.15) is 37.8 Å². The van der Waals surface area contributed by atoms with E-state index < -0.39 is 5.54 Å². The Morgan fingerprint density at radius 2 is 1.81 bits per heavy atom. The Morgan fingerprint density at radius 1 is 1.14 bits per heavy atom. The summed E-state index contributed by atoms with van der Waals surface area (Å²) >= 11 is 6.02. The predicted molar refractivity (Wildman–Crippen MR) is 90.0 cm³/mol. The fraction of sp³-hybridized carbons (Fsp3) is 0.333. The first-order chi connectivity index (χ1) is 9.94. The van der Waals surface area contributed by atoms with E-state index in [1.807, 2.05) is 31.2 Å². The van der Waals surface area contributed by atoms with Crippen LogP contribution < -0.4 is 5.32 Å². The Labute approximate surface area is 131 Å². The third kappa shape index (κ3) is 3.78. The molecule has 0 saturated heterocycles. The number of hydrogen-bond donors (Lipinski definition) is 2. The van der Waals surface area contributed by atoms with Gasteiger partial charge in [-0.25, -0.2) is 0 Å². The van der Waals surface area contributed by atoms with E-state index in [1.165, 1.54) is 5.56 Å². The highest BCUT2D eigenvalue weighted by atomic mass is 35.5. The van der Waals surface area contributed by atoms with Crippen LogP contribution in [0.25, 0.3) is 0 Å². The topological polar surface area (TPSA) is 32.3 Å². The molecule has 0 radical (unpaired) electrons. The molecule has 0 fully saturated rings. The van der Waals surface area contributed by atoms with Crippen molar-refractivity contribution in [2.45, 2.75) is 32.2 Å². The normalized spacial score (nSPS) is 14.0. The maximum atomic E-state index is 9.85. The SMILES string of the molecule is CC(C)c1ccc(C(C)(CO)Nc2cccc(Cl)c2)cc1. The molecular weight excluding hydrogens is 282 g/mol. The van der Waals surface area contributed by atoms with Crippen molar-refractivity contribution >= 4 is 17.3 Å². The summed E-state index contributed by atoms with van der Waals surface area (Å²) in [5.41, 5.74) is 2.70. The van der Waals surface area contributed by atoms with Gasteiger partial charge in [-0.15, -0.1) is 0 Å². The van der Waals surface area contributed by atoms with Gasteiger partial charge in [0, 0.05) is 10.7 Å². The van der Waals surface area contributed by atoms with Crippen molar-refractivity contribution in [3.05, 3.63) is 64.7 Å². The van der Waals surface area contributed by atoms with Crippen molar-refractivity contribution in [2.75, 3.05) is 11.9 Å². The molecule has 0 bridgehead atoms. The first-order valence-corrected chi connectivity index (χ1v) is 7.57. The highest BCUT2D eigenvalue weighted by Gasteiger charge is 2.25. The summed E-state index contributed by atoms with van der Waals surface area (Å²) in [6.45, 7) is 6.33. The summed E-state index contributed by atoms with van der Waals surface area (Å²) < 4.78 is 0. The highest BCUT2D eigenvalue weighted by molar-refractivity contribution is 6.30. The van der Waals surface area contributed by atoms with Gasteiger partial charge in [0.2, 0.25) is 0 Å². The Morgan fingerprint density at radius 3 is 2.33 bits per heavy atom. The van der Waals surface area contributed by atoms with Gasteiger partial charge in [0.05, 0.1) is 12.1 Å². The molecular formula is C18H22ClNO. The van der Waals surface area contributed by atoms with Crippen LogP contribution in [0.3, 0.4) is 0 Å². The molecule has 2 N–H and O–H groups in total. The van der Waals surface area contributed by atoms with E-state index in [9.17, 15) is 5.11 Å². The van der Waals surface area contributed by atoms with E-state index in [0.29, 0.717) is 10.9 Å². The Balaban J connectivity index is 2.27. The molecule has 21 heavy (non-hydrogen) atoms. The molecule has 1 unspecified atom stereocenters. The molecule has 2 nitrogen and oxygen atoms in total. The van der Waals surface area contributed by atoms with Gasteiger partial charge in [0.25, 0.3) is 0 Å². The van der Waals surface area contributed by atoms with Crippen LogP contribution in [0, 0.1) is 0 Å². The minimum absolute atomic E-state index is 0.000534. The second kappa shape index (κ2) is 6.50. The zero-order valence-electron chi connectivity index (χ0n) is 12.7. The fourth-order valence-electron chi connectivity index (χ4n) is 2.32. The molecule has 3 heteroatoms. The molecule has 0 saturated carbocycles. The number of benzene rings is 2. The number of nitrogens with one attached hydrogen (secondary N) is 1. The lowest BCUT2D eigenvalue weighted by Crippen LogP contribution is -2.35. The maximum Gasteiger partial charge on any atom is 0.0828 e. The third-order valence-corrected chi connectivity index (χ3v) is 4.01. The largest absolute Gasteiger partial charge is 0.394 e. The van der Waals surface area contributed by atoms with Crippen LogP contribution in [0.15, 0.2) is 48.5 Å². The molecule has 0 amide bonds. The van der Waals surface area contributed by atoms with Crippen molar-refractivity contribution in [1.82, 2.24) is 0 Å². The summed E-state index contributed by atoms with van der Waals surface area (Å²) in [6, 6.07) is 15.9. The van der Waals surface area contributed by atoms with Gasteiger partial charge in [-0.2, -0.15) is 0 Å². The quantitative estimate of drug-likeness (QED) is 0.833. The van der Waals surface area contributed by atoms with Crippen LogP contribution in [-0.4, -0.2) is 11.7 Å². The standard InChI is InChI=1S/C18H22ClNO/c1-13(2)14-7-9-15(10-8-14)18(3,12-21)20-17-6-4-5-16(19)11-17/h4-11,13,20-21H,12H2,1-3H3. The number of aliphatic hydroxyl groups excluding tert-OH is 1. The predicted octanol–water partition coefficient (Wildman–Crippen LogP) is 4.78. The first kappa shape index (κ1) is 15.9. The molecule has 0 aliphatic rings. The average molecular weight is 304 g/mol. The molecule has 2 aromatic rings. The van der Waals surface area contributed by atoms with Crippen molar-refractivity contribution in [3.8, 4) is 0 Å². The van der Waals surface area contributed by atoms with Gasteiger partial charge in [-0.3, -0.25) is 0 Å². The smallest absolute Gasteiger partial charge is 0.0828 e. The van der Waals surface area contributed by atoms with Gasteiger partial charge in [-0.1, -0.05) is 55.8 Å². The Bertz CT molecular complexity index is 594. The van der Waals surface area contributed by atoms with E-state index in [4.69, 9.17) is 11.6 Å². The lowest BCUT2D eigenvalue weighted by Gasteiger charge is -2.31. The van der Waals surface area contributed by atoms with E-state index in [0.717, 1.165) is 11.3 Å². The van der Waals surface area contributed by atoms with Crippen molar-refractivity contribution < 1.29 is 5.11 Å². The molecule has 0 aliphatic carbocycles. The molecule has 1 atom stereocenters. The molecule has 0 spiro atoms. The van der Waals surface area contributed by atoms with Crippen LogP contribution in [-0.2, 0) is 5.54 Å². The van der Waals surface area contributed by atoms with Gasteiger partial charge in [0.15, 0.2) is 0 Å². The highest BCUT2D eigenvalue weighted by Crippen LogP contribution is 2.28. The number of halogens is 1. The number of aliphatic hydroxyl groups is 1. The Hall–Kier alpha value is -1.51. The van der Waals surface area contributed by atoms with Gasteiger partial charge >= 0.3 is 0 Å². The Kier molecular flexibility index (Phi) is 4.92. The second-order valence-electron chi connectivity index (χ2n) is 5.90. The summed E-state index contributed by atoms with van der Waals surface area (Å²) in [7, 11) is 0.